The Bertz CT molecular complexity index is 1330. The number of aryl methyl sites for hydroxylation is 2. The molecule has 0 unspecified atom stereocenters. The Kier molecular flexibility index (Phi) is 5.92. The first-order valence-corrected chi connectivity index (χ1v) is 12.0. The normalized spacial score (nSPS) is 17.8. The van der Waals surface area contributed by atoms with Gasteiger partial charge in [-0.2, -0.15) is 0 Å². The van der Waals surface area contributed by atoms with Crippen LogP contribution in [0.1, 0.15) is 51.4 Å². The van der Waals surface area contributed by atoms with Crippen LogP contribution in [0.3, 0.4) is 0 Å². The third-order valence-electron chi connectivity index (χ3n) is 6.91. The van der Waals surface area contributed by atoms with E-state index >= 15 is 0 Å². The number of nitrogens with zero attached hydrogens (tertiary/aromatic N) is 4. The lowest BCUT2D eigenvalue weighted by Gasteiger charge is -2.28. The number of pyridine rings is 2. The van der Waals surface area contributed by atoms with Crippen LogP contribution in [0.25, 0.3) is 5.69 Å². The van der Waals surface area contributed by atoms with Gasteiger partial charge in [-0.1, -0.05) is 18.2 Å². The highest BCUT2D eigenvalue weighted by Crippen LogP contribution is 2.42. The molecule has 172 valence electrons. The number of nitrogens with one attached hydrogen (secondary N) is 1. The van der Waals surface area contributed by atoms with E-state index in [-0.39, 0.29) is 12.1 Å². The van der Waals surface area contributed by atoms with Crippen molar-refractivity contribution in [3.05, 3.63) is 113 Å². The maximum Gasteiger partial charge on any atom is 0.170 e. The second-order valence-corrected chi connectivity index (χ2v) is 9.38. The monoisotopic (exact) mass is 467 g/mol. The van der Waals surface area contributed by atoms with Gasteiger partial charge in [0.1, 0.15) is 0 Å². The van der Waals surface area contributed by atoms with Crippen LogP contribution in [0.5, 0.6) is 0 Å². The van der Waals surface area contributed by atoms with Crippen molar-refractivity contribution in [2.45, 2.75) is 46.3 Å². The predicted octanol–water partition coefficient (Wildman–Crippen LogP) is 5.67. The Balaban J connectivity index is 1.64. The van der Waals surface area contributed by atoms with E-state index < -0.39 is 0 Å². The fraction of sp³-hybridized carbons (Fsp3) is 0.250. The summed E-state index contributed by atoms with van der Waals surface area (Å²) in [6, 6.07) is 19.0. The van der Waals surface area contributed by atoms with Gasteiger partial charge in [-0.15, -0.1) is 0 Å². The largest absolute Gasteiger partial charge is 0.352 e. The molecule has 5 nitrogen and oxygen atoms in total. The summed E-state index contributed by atoms with van der Waals surface area (Å²) in [6.07, 6.45) is 5.51. The van der Waals surface area contributed by atoms with Crippen LogP contribution < -0.4 is 5.32 Å². The van der Waals surface area contributed by atoms with Gasteiger partial charge in [-0.25, -0.2) is 0 Å². The fourth-order valence-corrected chi connectivity index (χ4v) is 5.34. The van der Waals surface area contributed by atoms with Crippen molar-refractivity contribution in [1.29, 1.82) is 0 Å². The molecule has 0 amide bonds. The maximum atomic E-state index is 5.87. The first kappa shape index (κ1) is 22.3. The van der Waals surface area contributed by atoms with Gasteiger partial charge in [0.15, 0.2) is 5.11 Å². The summed E-state index contributed by atoms with van der Waals surface area (Å²) in [5.41, 5.74) is 9.68. The number of hydrogen-bond donors (Lipinski definition) is 1. The molecule has 0 spiro atoms. The van der Waals surface area contributed by atoms with Gasteiger partial charge < -0.3 is 14.8 Å². The summed E-state index contributed by atoms with van der Waals surface area (Å²) in [7, 11) is 0. The first-order chi connectivity index (χ1) is 16.5. The van der Waals surface area contributed by atoms with E-state index in [9.17, 15) is 0 Å². The average Bonchev–Trinajstić information content (AvgIpc) is 3.32. The second kappa shape index (κ2) is 9.03. The van der Waals surface area contributed by atoms with E-state index in [2.05, 4.69) is 82.8 Å². The van der Waals surface area contributed by atoms with Gasteiger partial charge in [-0.3, -0.25) is 9.97 Å². The van der Waals surface area contributed by atoms with Crippen LogP contribution >= 0.6 is 12.2 Å². The highest BCUT2D eigenvalue weighted by molar-refractivity contribution is 7.80. The maximum absolute atomic E-state index is 5.87. The van der Waals surface area contributed by atoms with Gasteiger partial charge >= 0.3 is 0 Å². The summed E-state index contributed by atoms with van der Waals surface area (Å²) >= 11 is 5.87. The predicted molar refractivity (Wildman–Crippen MR) is 140 cm³/mol. The highest BCUT2D eigenvalue weighted by atomic mass is 32.1. The lowest BCUT2D eigenvalue weighted by Crippen LogP contribution is -2.29. The minimum Gasteiger partial charge on any atom is -0.352 e. The average molecular weight is 468 g/mol. The van der Waals surface area contributed by atoms with Crippen LogP contribution in [0, 0.1) is 27.7 Å². The topological polar surface area (TPSA) is 46.0 Å². The molecule has 0 aliphatic carbocycles. The van der Waals surface area contributed by atoms with Crippen molar-refractivity contribution in [2.75, 3.05) is 0 Å². The van der Waals surface area contributed by atoms with E-state index in [1.165, 1.54) is 39.3 Å². The number of aromatic nitrogens is 3. The molecule has 0 bridgehead atoms. The van der Waals surface area contributed by atoms with E-state index in [1.807, 2.05) is 42.9 Å². The van der Waals surface area contributed by atoms with Gasteiger partial charge in [0.05, 0.1) is 17.8 Å². The number of benzene rings is 1. The van der Waals surface area contributed by atoms with Crippen molar-refractivity contribution in [2.24, 2.45) is 0 Å². The van der Waals surface area contributed by atoms with E-state index in [4.69, 9.17) is 12.2 Å². The Labute approximate surface area is 206 Å². The number of rotatable bonds is 5. The minimum absolute atomic E-state index is 0.0145. The molecule has 1 fully saturated rings. The van der Waals surface area contributed by atoms with Crippen molar-refractivity contribution in [3.8, 4) is 5.69 Å². The molecule has 4 aromatic rings. The molecule has 3 aromatic heterocycles. The highest BCUT2D eigenvalue weighted by Gasteiger charge is 2.41. The lowest BCUT2D eigenvalue weighted by atomic mass is 9.96. The Hall–Kier alpha value is -3.51. The van der Waals surface area contributed by atoms with E-state index in [0.717, 1.165) is 10.8 Å². The summed E-state index contributed by atoms with van der Waals surface area (Å²) in [5, 5.41) is 4.32. The molecule has 0 saturated carbocycles. The van der Waals surface area contributed by atoms with Crippen LogP contribution in [-0.4, -0.2) is 24.5 Å². The van der Waals surface area contributed by atoms with Gasteiger partial charge in [0.2, 0.25) is 0 Å². The first-order valence-electron chi connectivity index (χ1n) is 11.6. The standard InChI is InChI=1S/C28H29N5S/c1-18-8-7-10-25(20(18)3)33-19(2)16-23(21(33)4)27-26(24-9-5-6-13-30-24)31-28(34)32(27)17-22-11-14-29-15-12-22/h5-16,26-27H,17H2,1-4H3,(H,31,34)/t26-,27-/m0/s1. The second-order valence-electron chi connectivity index (χ2n) is 8.99. The van der Waals surface area contributed by atoms with Crippen LogP contribution in [0.4, 0.5) is 0 Å². The zero-order valence-corrected chi connectivity index (χ0v) is 20.8. The Morgan fingerprint density at radius 3 is 2.47 bits per heavy atom. The molecule has 1 aliphatic rings. The molecular formula is C28H29N5S. The molecule has 1 aliphatic heterocycles. The van der Waals surface area contributed by atoms with E-state index in [1.54, 1.807) is 0 Å². The Morgan fingerprint density at radius 2 is 1.74 bits per heavy atom. The smallest absolute Gasteiger partial charge is 0.170 e. The van der Waals surface area contributed by atoms with Crippen LogP contribution in [0.15, 0.2) is 73.2 Å². The van der Waals surface area contributed by atoms with Crippen molar-refractivity contribution in [3.63, 3.8) is 0 Å². The molecule has 2 atom stereocenters. The lowest BCUT2D eigenvalue weighted by molar-refractivity contribution is 0.310. The number of thiocarbonyl (C=S) groups is 1. The fourth-order valence-electron chi connectivity index (χ4n) is 5.03. The third kappa shape index (κ3) is 3.88. The summed E-state index contributed by atoms with van der Waals surface area (Å²) < 4.78 is 2.37. The molecular weight excluding hydrogens is 438 g/mol. The quantitative estimate of drug-likeness (QED) is 0.383. The molecule has 34 heavy (non-hydrogen) atoms. The summed E-state index contributed by atoms with van der Waals surface area (Å²) in [5.74, 6) is 0. The van der Waals surface area contributed by atoms with Crippen molar-refractivity contribution >= 4 is 17.3 Å². The number of hydrogen-bond acceptors (Lipinski definition) is 3. The summed E-state index contributed by atoms with van der Waals surface area (Å²) in [6.45, 7) is 9.46. The molecule has 6 heteroatoms. The van der Waals surface area contributed by atoms with Crippen LogP contribution in [-0.2, 0) is 6.54 Å². The molecule has 4 heterocycles. The Morgan fingerprint density at radius 1 is 0.941 bits per heavy atom. The molecule has 5 rings (SSSR count). The van der Waals surface area contributed by atoms with Gasteiger partial charge in [0, 0.05) is 42.2 Å². The zero-order chi connectivity index (χ0) is 23.8. The molecule has 0 radical (unpaired) electrons. The van der Waals surface area contributed by atoms with Crippen molar-refractivity contribution in [1.82, 2.24) is 24.8 Å². The molecule has 1 saturated heterocycles. The van der Waals surface area contributed by atoms with Gasteiger partial charge in [0.25, 0.3) is 0 Å². The summed E-state index contributed by atoms with van der Waals surface area (Å²) in [4.78, 5) is 11.2. The van der Waals surface area contributed by atoms with Crippen LogP contribution in [0.2, 0.25) is 0 Å². The molecule has 1 N–H and O–H groups in total. The van der Waals surface area contributed by atoms with E-state index in [0.29, 0.717) is 6.54 Å². The van der Waals surface area contributed by atoms with Crippen molar-refractivity contribution < 1.29 is 0 Å². The molecule has 1 aromatic carbocycles. The minimum atomic E-state index is -0.0388. The zero-order valence-electron chi connectivity index (χ0n) is 20.0. The SMILES string of the molecule is Cc1cccc(-n2c(C)cc([C@H]3[C@H](c4ccccn4)NC(=S)N3Cc3ccncc3)c2C)c1C. The third-order valence-corrected chi connectivity index (χ3v) is 7.26. The van der Waals surface area contributed by atoms with Gasteiger partial charge in [-0.05, 0) is 98.6 Å².